The van der Waals surface area contributed by atoms with Gasteiger partial charge in [0.25, 0.3) is 5.92 Å². The molecule has 2 saturated carbocycles. The molecule has 2 N–H and O–H groups in total. The molecule has 2 saturated heterocycles. The van der Waals surface area contributed by atoms with Crippen molar-refractivity contribution < 1.29 is 55.1 Å². The first-order valence-corrected chi connectivity index (χ1v) is 23.6. The highest BCUT2D eigenvalue weighted by molar-refractivity contribution is 6.30. The number of hydrogen-bond donors (Lipinski definition) is 2. The average Bonchev–Trinajstić information content (AvgIpc) is 3.89. The Morgan fingerprint density at radius 3 is 2.25 bits per heavy atom. The molecule has 2 aromatic rings. The summed E-state index contributed by atoms with van der Waals surface area (Å²) in [5, 5.41) is 9.99. The van der Waals surface area contributed by atoms with Crippen molar-refractivity contribution in [2.45, 2.75) is 146 Å². The minimum Gasteiger partial charge on any atom is -0.344 e. The zero-order chi connectivity index (χ0) is 50.0. The van der Waals surface area contributed by atoms with E-state index in [0.717, 1.165) is 12.8 Å². The van der Waals surface area contributed by atoms with Crippen LogP contribution in [-0.4, -0.2) is 153 Å². The maximum Gasteiger partial charge on any atom is 0.403 e. The number of likely N-dealkylation sites (N-methyl/N-ethyl adjacent to an activating group) is 3. The highest BCUT2D eigenvalue weighted by atomic mass is 35.5. The Bertz CT molecular complexity index is 2200. The highest BCUT2D eigenvalue weighted by Crippen LogP contribution is 2.61. The van der Waals surface area contributed by atoms with E-state index >= 15 is 0 Å². The highest BCUT2D eigenvalue weighted by Gasteiger charge is 2.75. The number of aromatic nitrogens is 3. The van der Waals surface area contributed by atoms with Gasteiger partial charge in [-0.15, -0.1) is 0 Å². The SMILES string of the molecule is CC(C)C[C@@H]1NC(=O)[C@@H](N(C)C(=O)[C@@H](NC(=O)[C@@H]2C[C@@H](F)CN2C(=O)C2(C(F)(F)F)CC(F)(F)C2)C2CC2)CCCCCCCN(C)C(=O)[C@H](Cc2cc(Cl)cnc2-c2cnn(C)c2)N(C)C1=O. The van der Waals surface area contributed by atoms with Crippen LogP contribution in [0, 0.1) is 17.3 Å². The van der Waals surface area contributed by atoms with E-state index in [1.807, 2.05) is 13.8 Å². The van der Waals surface area contributed by atoms with Crippen molar-refractivity contribution in [3.05, 3.63) is 35.2 Å². The van der Waals surface area contributed by atoms with Crippen molar-refractivity contribution in [2.75, 3.05) is 34.2 Å². The Balaban J connectivity index is 1.25. The number of carbonyl (C=O) groups is 6. The maximum absolute atomic E-state index is 14.9. The van der Waals surface area contributed by atoms with Crippen LogP contribution in [0.5, 0.6) is 0 Å². The second-order valence-corrected chi connectivity index (χ2v) is 20.1. The number of carbonyl (C=O) groups excluding carboxylic acids is 6. The molecule has 6 amide bonds. The number of halogens is 7. The molecular weight excluding hydrogens is 924 g/mol. The molecular formula is C46H62ClF6N9O6. The van der Waals surface area contributed by atoms with Gasteiger partial charge in [-0.3, -0.25) is 38.4 Å². The summed E-state index contributed by atoms with van der Waals surface area (Å²) in [5.41, 5.74) is -1.72. The fraction of sp³-hybridized carbons (Fsp3) is 0.696. The first-order chi connectivity index (χ1) is 31.8. The van der Waals surface area contributed by atoms with Gasteiger partial charge in [0.05, 0.1) is 23.5 Å². The molecule has 376 valence electrons. The Hall–Kier alpha value is -4.95. The summed E-state index contributed by atoms with van der Waals surface area (Å²) in [4.78, 5) is 94.5. The number of nitrogens with one attached hydrogen (secondary N) is 2. The van der Waals surface area contributed by atoms with Crippen LogP contribution in [0.4, 0.5) is 26.3 Å². The van der Waals surface area contributed by atoms with Crippen molar-refractivity contribution in [1.82, 2.24) is 45.0 Å². The van der Waals surface area contributed by atoms with Gasteiger partial charge in [0.2, 0.25) is 35.4 Å². The van der Waals surface area contributed by atoms with Crippen molar-refractivity contribution in [3.63, 3.8) is 0 Å². The molecule has 0 unspecified atom stereocenters. The Kier molecular flexibility index (Phi) is 16.2. The Morgan fingerprint density at radius 1 is 0.985 bits per heavy atom. The zero-order valence-electron chi connectivity index (χ0n) is 39.3. The molecule has 22 heteroatoms. The molecule has 2 aliphatic carbocycles. The van der Waals surface area contributed by atoms with Crippen molar-refractivity contribution in [2.24, 2.45) is 24.3 Å². The molecule has 68 heavy (non-hydrogen) atoms. The molecule has 2 aliphatic heterocycles. The number of nitrogens with zero attached hydrogens (tertiary/aromatic N) is 7. The molecule has 6 rings (SSSR count). The fourth-order valence-electron chi connectivity index (χ4n) is 9.75. The topological polar surface area (TPSA) is 170 Å². The van der Waals surface area contributed by atoms with Crippen LogP contribution in [0.1, 0.15) is 96.5 Å². The molecule has 2 aromatic heterocycles. The molecule has 6 atom stereocenters. The fourth-order valence-corrected chi connectivity index (χ4v) is 9.93. The minimum atomic E-state index is -5.40. The molecule has 0 aromatic carbocycles. The largest absolute Gasteiger partial charge is 0.403 e. The number of alkyl halides is 6. The van der Waals surface area contributed by atoms with Gasteiger partial charge < -0.3 is 30.2 Å². The van der Waals surface area contributed by atoms with E-state index in [2.05, 4.69) is 20.7 Å². The van der Waals surface area contributed by atoms with E-state index in [9.17, 15) is 55.1 Å². The summed E-state index contributed by atoms with van der Waals surface area (Å²) in [6.45, 7) is 3.19. The summed E-state index contributed by atoms with van der Waals surface area (Å²) in [7, 11) is 6.30. The Morgan fingerprint density at radius 2 is 1.65 bits per heavy atom. The smallest absolute Gasteiger partial charge is 0.344 e. The Labute approximate surface area is 397 Å². The van der Waals surface area contributed by atoms with Gasteiger partial charge in [-0.2, -0.15) is 18.3 Å². The number of likely N-dealkylation sites (tertiary alicyclic amines) is 1. The monoisotopic (exact) mass is 985 g/mol. The number of hydrogen-bond acceptors (Lipinski definition) is 8. The van der Waals surface area contributed by atoms with Crippen molar-refractivity contribution in [1.29, 1.82) is 0 Å². The van der Waals surface area contributed by atoms with E-state index in [1.165, 1.54) is 30.1 Å². The third-order valence-electron chi connectivity index (χ3n) is 13.8. The van der Waals surface area contributed by atoms with Crippen LogP contribution in [0.3, 0.4) is 0 Å². The van der Waals surface area contributed by atoms with Crippen molar-refractivity contribution >= 4 is 47.0 Å². The average molecular weight is 986 g/mol. The van der Waals surface area contributed by atoms with E-state index < -0.39 is 115 Å². The lowest BCUT2D eigenvalue weighted by molar-refractivity contribution is -0.299. The lowest BCUT2D eigenvalue weighted by atomic mass is 9.64. The van der Waals surface area contributed by atoms with Crippen LogP contribution in [0.2, 0.25) is 5.02 Å². The summed E-state index contributed by atoms with van der Waals surface area (Å²) in [6, 6.07) is -4.89. The van der Waals surface area contributed by atoms with Crippen LogP contribution in [0.15, 0.2) is 24.7 Å². The second kappa shape index (κ2) is 21.0. The first-order valence-electron chi connectivity index (χ1n) is 23.3. The predicted molar refractivity (Wildman–Crippen MR) is 237 cm³/mol. The van der Waals surface area contributed by atoms with Gasteiger partial charge in [-0.1, -0.05) is 51.1 Å². The summed E-state index contributed by atoms with van der Waals surface area (Å²) < 4.78 is 87.0. The number of aryl methyl sites for hydroxylation is 1. The number of amides is 6. The molecule has 0 spiro atoms. The van der Waals surface area contributed by atoms with E-state index in [1.54, 1.807) is 42.1 Å². The molecule has 4 heterocycles. The third-order valence-corrected chi connectivity index (χ3v) is 14.0. The first kappa shape index (κ1) is 52.4. The lowest BCUT2D eigenvalue weighted by Crippen LogP contribution is -2.65. The van der Waals surface area contributed by atoms with Gasteiger partial charge in [-0.25, -0.2) is 13.2 Å². The van der Waals surface area contributed by atoms with Gasteiger partial charge >= 0.3 is 6.18 Å². The van der Waals surface area contributed by atoms with E-state index in [0.29, 0.717) is 65.4 Å². The van der Waals surface area contributed by atoms with Gasteiger partial charge in [-0.05, 0) is 55.6 Å². The van der Waals surface area contributed by atoms with Gasteiger partial charge in [0, 0.05) is 78.4 Å². The van der Waals surface area contributed by atoms with E-state index in [-0.39, 0.29) is 31.1 Å². The molecule has 4 aliphatic rings. The predicted octanol–water partition coefficient (Wildman–Crippen LogP) is 5.49. The third kappa shape index (κ3) is 11.7. The lowest BCUT2D eigenvalue weighted by Gasteiger charge is -2.48. The van der Waals surface area contributed by atoms with Crippen molar-refractivity contribution in [3.8, 4) is 11.3 Å². The molecule has 15 nitrogen and oxygen atoms in total. The molecule has 0 radical (unpaired) electrons. The van der Waals surface area contributed by atoms with Crippen LogP contribution < -0.4 is 10.6 Å². The van der Waals surface area contributed by atoms with Gasteiger partial charge in [0.15, 0.2) is 5.41 Å². The van der Waals surface area contributed by atoms with E-state index in [4.69, 9.17) is 11.6 Å². The van der Waals surface area contributed by atoms with Crippen LogP contribution in [-0.2, 0) is 42.2 Å². The number of pyridine rings is 1. The van der Waals surface area contributed by atoms with Gasteiger partial charge in [0.1, 0.15) is 36.4 Å². The zero-order valence-corrected chi connectivity index (χ0v) is 40.0. The molecule has 0 bridgehead atoms. The summed E-state index contributed by atoms with van der Waals surface area (Å²) in [5.74, 6) is -9.64. The van der Waals surface area contributed by atoms with Crippen LogP contribution in [0.25, 0.3) is 11.3 Å². The summed E-state index contributed by atoms with van der Waals surface area (Å²) >= 11 is 6.45. The van der Waals surface area contributed by atoms with Crippen LogP contribution >= 0.6 is 11.6 Å². The normalized spacial score (nSPS) is 25.8. The minimum absolute atomic E-state index is 0.0115. The quantitative estimate of drug-likeness (QED) is 0.279. The maximum atomic E-state index is 14.9. The second-order valence-electron chi connectivity index (χ2n) is 19.6. The number of rotatable bonds is 11. The molecule has 4 fully saturated rings. The summed E-state index contributed by atoms with van der Waals surface area (Å²) in [6.07, 6.45) is -2.40. The standard InChI is InChI=1S/C46H62ClF6N9O6/c1-26(2)16-32-40(65)61(6)35(18-28-17-30(47)21-54-36(28)29-20-55-59(4)22-29)41(66)58(3)15-11-9-7-8-10-12-33(38(63)56-32)60(5)42(67)37(27-13-14-27)57-39(64)34-19-31(48)23-62(34)43(68)44(46(51,52)53)24-45(49,50)25-44/h17,20-22,26-27,31-35,37H,7-16,18-19,23-25H2,1-6H3,(H,56,63)(H,57,64)/t31-,32+,33+,34+,35+,37+/m1/s1.